The zero-order chi connectivity index (χ0) is 18.8. The average molecular weight is 396 g/mol. The van der Waals surface area contributed by atoms with E-state index in [0.29, 0.717) is 11.6 Å². The molecule has 0 unspecified atom stereocenters. The van der Waals surface area contributed by atoms with Crippen LogP contribution in [0.4, 0.5) is 5.82 Å². The summed E-state index contributed by atoms with van der Waals surface area (Å²) >= 11 is 2.97. The summed E-state index contributed by atoms with van der Waals surface area (Å²) in [6.45, 7) is 3.84. The van der Waals surface area contributed by atoms with Crippen LogP contribution in [-0.4, -0.2) is 26.8 Å². The molecular weight excluding hydrogens is 380 g/mol. The lowest BCUT2D eigenvalue weighted by Crippen LogP contribution is -2.14. The van der Waals surface area contributed by atoms with Gasteiger partial charge in [-0.3, -0.25) is 4.79 Å². The van der Waals surface area contributed by atoms with Crippen LogP contribution in [0.2, 0.25) is 0 Å². The fourth-order valence-electron chi connectivity index (χ4n) is 2.64. The second-order valence-electron chi connectivity index (χ2n) is 6.03. The molecule has 0 aliphatic heterocycles. The Kier molecular flexibility index (Phi) is 4.91. The molecule has 0 aliphatic carbocycles. The largest absolute Gasteiger partial charge is 0.360 e. The van der Waals surface area contributed by atoms with Crippen molar-refractivity contribution < 1.29 is 9.32 Å². The van der Waals surface area contributed by atoms with Crippen molar-refractivity contribution in [3.63, 3.8) is 0 Å². The quantitative estimate of drug-likeness (QED) is 0.389. The van der Waals surface area contributed by atoms with E-state index >= 15 is 0 Å². The van der Waals surface area contributed by atoms with Crippen molar-refractivity contribution in [2.45, 2.75) is 18.9 Å². The summed E-state index contributed by atoms with van der Waals surface area (Å²) in [5, 5.41) is 10.4. The van der Waals surface area contributed by atoms with Crippen molar-refractivity contribution >= 4 is 45.0 Å². The topological polar surface area (TPSA) is 80.9 Å². The second-order valence-corrected chi connectivity index (χ2v) is 7.86. The van der Waals surface area contributed by atoms with Crippen molar-refractivity contribution in [1.82, 2.24) is 15.1 Å². The summed E-state index contributed by atoms with van der Waals surface area (Å²) in [7, 11) is 0. The standard InChI is InChI=1S/C19H16N4O2S2/c1-11-3-5-13(6-4-11)14-8-26-18-17(14)19(21-10-20-18)27-9-16(24)22-15-7-12(2)25-23-15/h3-8,10H,9H2,1-2H3,(H,22,23,24). The third-order valence-corrected chi connectivity index (χ3v) is 5.81. The van der Waals surface area contributed by atoms with Gasteiger partial charge in [-0.25, -0.2) is 9.97 Å². The van der Waals surface area contributed by atoms with E-state index < -0.39 is 0 Å². The lowest BCUT2D eigenvalue weighted by Gasteiger charge is -2.06. The number of amides is 1. The minimum absolute atomic E-state index is 0.160. The van der Waals surface area contributed by atoms with Crippen LogP contribution in [0.3, 0.4) is 0 Å². The summed E-state index contributed by atoms with van der Waals surface area (Å²) in [6.07, 6.45) is 1.54. The second kappa shape index (κ2) is 7.50. The van der Waals surface area contributed by atoms with Gasteiger partial charge in [0, 0.05) is 17.0 Å². The number of aromatic nitrogens is 3. The average Bonchev–Trinajstić information content (AvgIpc) is 3.27. The molecular formula is C19H16N4O2S2. The van der Waals surface area contributed by atoms with Crippen LogP contribution in [0, 0.1) is 13.8 Å². The molecule has 3 aromatic heterocycles. The van der Waals surface area contributed by atoms with E-state index in [0.717, 1.165) is 26.4 Å². The van der Waals surface area contributed by atoms with E-state index in [4.69, 9.17) is 4.52 Å². The number of anilines is 1. The zero-order valence-corrected chi connectivity index (χ0v) is 16.4. The van der Waals surface area contributed by atoms with Crippen molar-refractivity contribution in [2.75, 3.05) is 11.1 Å². The highest BCUT2D eigenvalue weighted by molar-refractivity contribution is 8.00. The first-order chi connectivity index (χ1) is 13.1. The number of hydrogen-bond acceptors (Lipinski definition) is 7. The summed E-state index contributed by atoms with van der Waals surface area (Å²) in [4.78, 5) is 21.9. The minimum Gasteiger partial charge on any atom is -0.360 e. The Morgan fingerprint density at radius 2 is 2.04 bits per heavy atom. The molecule has 0 saturated carbocycles. The molecule has 0 saturated heterocycles. The molecule has 136 valence electrons. The van der Waals surface area contributed by atoms with Gasteiger partial charge in [0.2, 0.25) is 5.91 Å². The fraction of sp³-hybridized carbons (Fsp3) is 0.158. The maximum atomic E-state index is 12.2. The predicted molar refractivity (Wildman–Crippen MR) is 108 cm³/mol. The van der Waals surface area contributed by atoms with Gasteiger partial charge >= 0.3 is 0 Å². The number of nitrogens with one attached hydrogen (secondary N) is 1. The Bertz CT molecular complexity index is 1100. The molecule has 0 fully saturated rings. The lowest BCUT2D eigenvalue weighted by atomic mass is 10.1. The minimum atomic E-state index is -0.160. The monoisotopic (exact) mass is 396 g/mol. The smallest absolute Gasteiger partial charge is 0.236 e. The lowest BCUT2D eigenvalue weighted by molar-refractivity contribution is -0.113. The van der Waals surface area contributed by atoms with E-state index in [9.17, 15) is 4.79 Å². The van der Waals surface area contributed by atoms with Gasteiger partial charge in [0.05, 0.1) is 11.1 Å². The number of thiophene rings is 1. The van der Waals surface area contributed by atoms with Crippen LogP contribution in [0.25, 0.3) is 21.3 Å². The van der Waals surface area contributed by atoms with Crippen LogP contribution >= 0.6 is 23.1 Å². The number of hydrogen-bond donors (Lipinski definition) is 1. The number of benzene rings is 1. The van der Waals surface area contributed by atoms with Gasteiger partial charge in [0.15, 0.2) is 5.82 Å². The Labute approximate surface area is 164 Å². The summed E-state index contributed by atoms with van der Waals surface area (Å²) in [6, 6.07) is 10.0. The molecule has 27 heavy (non-hydrogen) atoms. The van der Waals surface area contributed by atoms with Crippen molar-refractivity contribution in [1.29, 1.82) is 0 Å². The number of fused-ring (bicyclic) bond motifs is 1. The first kappa shape index (κ1) is 17.7. The molecule has 0 aliphatic rings. The third-order valence-electron chi connectivity index (χ3n) is 3.93. The van der Waals surface area contributed by atoms with E-state index in [1.807, 2.05) is 0 Å². The maximum Gasteiger partial charge on any atom is 0.236 e. The van der Waals surface area contributed by atoms with Gasteiger partial charge in [0.25, 0.3) is 0 Å². The van der Waals surface area contributed by atoms with Crippen molar-refractivity contribution in [3.05, 3.63) is 53.4 Å². The highest BCUT2D eigenvalue weighted by atomic mass is 32.2. The number of aryl methyl sites for hydroxylation is 2. The Balaban J connectivity index is 1.57. The van der Waals surface area contributed by atoms with Crippen LogP contribution in [0.1, 0.15) is 11.3 Å². The van der Waals surface area contributed by atoms with Gasteiger partial charge < -0.3 is 9.84 Å². The van der Waals surface area contributed by atoms with Gasteiger partial charge in [-0.15, -0.1) is 11.3 Å². The molecule has 1 amide bonds. The van der Waals surface area contributed by atoms with Gasteiger partial charge in [-0.05, 0) is 19.4 Å². The third kappa shape index (κ3) is 3.86. The molecule has 1 aromatic carbocycles. The molecule has 3 heterocycles. The molecule has 4 aromatic rings. The first-order valence-electron chi connectivity index (χ1n) is 8.25. The molecule has 0 radical (unpaired) electrons. The number of carbonyl (C=O) groups excluding carboxylic acids is 1. The molecule has 4 rings (SSSR count). The number of thioether (sulfide) groups is 1. The Morgan fingerprint density at radius 1 is 1.22 bits per heavy atom. The van der Waals surface area contributed by atoms with E-state index in [-0.39, 0.29) is 11.7 Å². The van der Waals surface area contributed by atoms with E-state index in [1.54, 1.807) is 30.7 Å². The molecule has 6 nitrogen and oxygen atoms in total. The van der Waals surface area contributed by atoms with Crippen LogP contribution in [0.5, 0.6) is 0 Å². The fourth-order valence-corrected chi connectivity index (χ4v) is 4.43. The number of nitrogens with zero attached hydrogens (tertiary/aromatic N) is 3. The maximum absolute atomic E-state index is 12.2. The molecule has 0 bridgehead atoms. The van der Waals surface area contributed by atoms with E-state index in [1.165, 1.54) is 17.3 Å². The number of carbonyl (C=O) groups is 1. The van der Waals surface area contributed by atoms with Gasteiger partial charge in [0.1, 0.15) is 21.9 Å². The van der Waals surface area contributed by atoms with E-state index in [2.05, 4.69) is 57.0 Å². The summed E-state index contributed by atoms with van der Waals surface area (Å²) in [5.74, 6) is 1.13. The van der Waals surface area contributed by atoms with Crippen LogP contribution < -0.4 is 5.32 Å². The highest BCUT2D eigenvalue weighted by Crippen LogP contribution is 2.37. The van der Waals surface area contributed by atoms with Crippen molar-refractivity contribution in [3.8, 4) is 11.1 Å². The first-order valence-corrected chi connectivity index (χ1v) is 10.1. The van der Waals surface area contributed by atoms with Crippen molar-refractivity contribution in [2.24, 2.45) is 0 Å². The summed E-state index contributed by atoms with van der Waals surface area (Å²) in [5.41, 5.74) is 3.42. The van der Waals surface area contributed by atoms with Gasteiger partial charge in [-0.2, -0.15) is 0 Å². The molecule has 8 heteroatoms. The van der Waals surface area contributed by atoms with Gasteiger partial charge in [-0.1, -0.05) is 46.7 Å². The molecule has 0 spiro atoms. The molecule has 0 atom stereocenters. The van der Waals surface area contributed by atoms with Crippen LogP contribution in [-0.2, 0) is 4.79 Å². The number of rotatable bonds is 5. The molecule has 1 N–H and O–H groups in total. The highest BCUT2D eigenvalue weighted by Gasteiger charge is 2.15. The summed E-state index contributed by atoms with van der Waals surface area (Å²) < 4.78 is 4.96. The predicted octanol–water partition coefficient (Wildman–Crippen LogP) is 4.69. The van der Waals surface area contributed by atoms with Crippen LogP contribution in [0.15, 0.2) is 51.6 Å². The SMILES string of the molecule is Cc1ccc(-c2csc3ncnc(SCC(=O)Nc4cc(C)on4)c23)cc1. The zero-order valence-electron chi connectivity index (χ0n) is 14.7. The Hall–Kier alpha value is -2.71. The normalized spacial score (nSPS) is 11.0. The Morgan fingerprint density at radius 3 is 2.78 bits per heavy atom.